The van der Waals surface area contributed by atoms with E-state index in [2.05, 4.69) is 149 Å². The van der Waals surface area contributed by atoms with E-state index in [0.717, 1.165) is 32.6 Å². The highest BCUT2D eigenvalue weighted by molar-refractivity contribution is 7.05. The summed E-state index contributed by atoms with van der Waals surface area (Å²) in [5.74, 6) is 0. The molecule has 1 aliphatic heterocycles. The van der Waals surface area contributed by atoms with Crippen molar-refractivity contribution in [1.29, 1.82) is 0 Å². The average Bonchev–Trinajstić information content (AvgIpc) is 2.83. The number of hydrogen-bond acceptors (Lipinski definition) is 6. The Bertz CT molecular complexity index is 1030. The molecule has 1 heterocycles. The molecule has 0 atom stereocenters. The van der Waals surface area contributed by atoms with Crippen molar-refractivity contribution in [2.24, 2.45) is 0 Å². The quantitative estimate of drug-likeness (QED) is 0.450. The van der Waals surface area contributed by atoms with Crippen LogP contribution in [-0.2, 0) is 12.3 Å². The van der Waals surface area contributed by atoms with E-state index in [0.29, 0.717) is 0 Å². The van der Waals surface area contributed by atoms with Crippen molar-refractivity contribution < 1.29 is 12.3 Å². The normalized spacial score (nSPS) is 25.9. The standard InChI is InChI=1S/C27H39N3O3Si3/c1-28(2)22-10-16-25(17-11-22)34(7)31-35(8,26-18-12-23(13-19-26)29(3)4)33-36(9,32-34)27-20-14-24(15-21-27)30(5)6/h10-21H,1-9H3. The van der Waals surface area contributed by atoms with Gasteiger partial charge in [0.1, 0.15) is 0 Å². The maximum atomic E-state index is 7.05. The predicted octanol–water partition coefficient (Wildman–Crippen LogP) is 3.19. The van der Waals surface area contributed by atoms with Crippen LogP contribution in [0, 0.1) is 0 Å². The minimum atomic E-state index is -2.82. The van der Waals surface area contributed by atoms with E-state index in [1.54, 1.807) is 0 Å². The molecule has 0 bridgehead atoms. The lowest BCUT2D eigenvalue weighted by Crippen LogP contribution is -2.77. The minimum absolute atomic E-state index is 1.13. The number of hydrogen-bond donors (Lipinski definition) is 0. The summed E-state index contributed by atoms with van der Waals surface area (Å²) in [6.45, 7) is 6.54. The predicted molar refractivity (Wildman–Crippen MR) is 159 cm³/mol. The van der Waals surface area contributed by atoms with Gasteiger partial charge < -0.3 is 27.0 Å². The van der Waals surface area contributed by atoms with Gasteiger partial charge in [-0.2, -0.15) is 0 Å². The third-order valence-electron chi connectivity index (χ3n) is 6.89. The third-order valence-corrected chi connectivity index (χ3v) is 20.4. The van der Waals surface area contributed by atoms with Gasteiger partial charge in [0, 0.05) is 59.3 Å². The van der Waals surface area contributed by atoms with Crippen LogP contribution in [0.5, 0.6) is 0 Å². The van der Waals surface area contributed by atoms with Crippen molar-refractivity contribution in [2.75, 3.05) is 57.0 Å². The van der Waals surface area contributed by atoms with Crippen LogP contribution in [0.2, 0.25) is 19.6 Å². The lowest BCUT2D eigenvalue weighted by molar-refractivity contribution is 0.253. The van der Waals surface area contributed by atoms with E-state index in [9.17, 15) is 0 Å². The van der Waals surface area contributed by atoms with E-state index in [1.807, 2.05) is 0 Å². The first-order valence-electron chi connectivity index (χ1n) is 12.3. The van der Waals surface area contributed by atoms with Crippen molar-refractivity contribution in [2.45, 2.75) is 19.6 Å². The zero-order valence-electron chi connectivity index (χ0n) is 23.0. The molecule has 192 valence electrons. The molecule has 1 fully saturated rings. The number of nitrogens with zero attached hydrogens (tertiary/aromatic N) is 3. The summed E-state index contributed by atoms with van der Waals surface area (Å²) in [4.78, 5) is 6.32. The van der Waals surface area contributed by atoms with Crippen LogP contribution in [0.4, 0.5) is 17.1 Å². The second-order valence-electron chi connectivity index (χ2n) is 10.5. The summed E-state index contributed by atoms with van der Waals surface area (Å²) in [5.41, 5.74) is 3.46. The van der Waals surface area contributed by atoms with Crippen LogP contribution in [0.1, 0.15) is 0 Å². The third kappa shape index (κ3) is 5.17. The molecule has 1 saturated heterocycles. The lowest BCUT2D eigenvalue weighted by atomic mass is 10.3. The van der Waals surface area contributed by atoms with Crippen LogP contribution < -0.4 is 30.3 Å². The Hall–Kier alpha value is -2.41. The fraction of sp³-hybridized carbons (Fsp3) is 0.333. The van der Waals surface area contributed by atoms with Gasteiger partial charge in [0.15, 0.2) is 0 Å². The maximum absolute atomic E-state index is 7.05. The summed E-state index contributed by atoms with van der Waals surface area (Å²) < 4.78 is 21.1. The number of anilines is 3. The number of benzene rings is 3. The molecular weight excluding hydrogens is 499 g/mol. The first-order valence-corrected chi connectivity index (χ1v) is 19.2. The molecule has 0 unspecified atom stereocenters. The van der Waals surface area contributed by atoms with Crippen LogP contribution in [0.25, 0.3) is 0 Å². The Balaban J connectivity index is 1.80. The molecule has 3 aromatic rings. The molecule has 0 radical (unpaired) electrons. The van der Waals surface area contributed by atoms with Gasteiger partial charge in [-0.3, -0.25) is 0 Å². The van der Waals surface area contributed by atoms with Gasteiger partial charge in [0.2, 0.25) is 0 Å². The zero-order chi connectivity index (χ0) is 26.3. The Morgan fingerprint density at radius 2 is 0.583 bits per heavy atom. The molecule has 36 heavy (non-hydrogen) atoms. The van der Waals surface area contributed by atoms with E-state index < -0.39 is 25.7 Å². The average molecular weight is 538 g/mol. The van der Waals surface area contributed by atoms with Crippen LogP contribution in [-0.4, -0.2) is 68.0 Å². The molecule has 3 aromatic carbocycles. The van der Waals surface area contributed by atoms with Crippen molar-refractivity contribution in [1.82, 2.24) is 0 Å². The maximum Gasteiger partial charge on any atom is 0.352 e. The van der Waals surface area contributed by atoms with E-state index in [-0.39, 0.29) is 0 Å². The van der Waals surface area contributed by atoms with Crippen LogP contribution in [0.3, 0.4) is 0 Å². The summed E-state index contributed by atoms with van der Waals surface area (Å²) in [6.07, 6.45) is 0. The lowest BCUT2D eigenvalue weighted by Gasteiger charge is -2.50. The molecule has 0 aromatic heterocycles. The molecule has 1 aliphatic rings. The summed E-state index contributed by atoms with van der Waals surface area (Å²) in [6, 6.07) is 25.9. The smallest absolute Gasteiger partial charge is 0.352 e. The fourth-order valence-corrected chi connectivity index (χ4v) is 20.4. The van der Waals surface area contributed by atoms with E-state index >= 15 is 0 Å². The Morgan fingerprint density at radius 3 is 0.750 bits per heavy atom. The molecule has 9 heteroatoms. The van der Waals surface area contributed by atoms with Gasteiger partial charge in [0.25, 0.3) is 0 Å². The van der Waals surface area contributed by atoms with Crippen molar-refractivity contribution in [3.05, 3.63) is 72.8 Å². The highest BCUT2D eigenvalue weighted by Crippen LogP contribution is 2.31. The molecule has 4 rings (SSSR count). The molecule has 0 N–H and O–H groups in total. The van der Waals surface area contributed by atoms with Crippen LogP contribution in [0.15, 0.2) is 72.8 Å². The van der Waals surface area contributed by atoms with E-state index in [1.165, 1.54) is 0 Å². The van der Waals surface area contributed by atoms with Crippen molar-refractivity contribution in [3.8, 4) is 0 Å². The van der Waals surface area contributed by atoms with Crippen molar-refractivity contribution in [3.63, 3.8) is 0 Å². The fourth-order valence-electron chi connectivity index (χ4n) is 4.72. The largest absolute Gasteiger partial charge is 0.409 e. The molecular formula is C27H39N3O3Si3. The van der Waals surface area contributed by atoms with Gasteiger partial charge in [-0.15, -0.1) is 0 Å². The Kier molecular flexibility index (Phi) is 7.26. The first-order chi connectivity index (χ1) is 16.9. The number of rotatable bonds is 6. The SMILES string of the molecule is CN(C)c1ccc([Si]2(C)O[Si](C)(c3ccc(N(C)C)cc3)O[Si](C)(c3ccc(N(C)C)cc3)O2)cc1. The second kappa shape index (κ2) is 9.81. The molecule has 0 amide bonds. The highest BCUT2D eigenvalue weighted by atomic mass is 28.5. The first kappa shape index (κ1) is 26.6. The summed E-state index contributed by atoms with van der Waals surface area (Å²) >= 11 is 0. The summed E-state index contributed by atoms with van der Waals surface area (Å²) in [5, 5.41) is 3.39. The van der Waals surface area contributed by atoms with Crippen LogP contribution >= 0.6 is 0 Å². The van der Waals surface area contributed by atoms with Gasteiger partial charge in [-0.05, 0) is 71.6 Å². The molecule has 0 aliphatic carbocycles. The van der Waals surface area contributed by atoms with Gasteiger partial charge in [0.05, 0.1) is 0 Å². The zero-order valence-corrected chi connectivity index (χ0v) is 26.0. The van der Waals surface area contributed by atoms with Gasteiger partial charge >= 0.3 is 25.7 Å². The Morgan fingerprint density at radius 1 is 0.389 bits per heavy atom. The molecule has 0 saturated carbocycles. The Labute approximate surface area is 219 Å². The van der Waals surface area contributed by atoms with Crippen molar-refractivity contribution >= 4 is 58.3 Å². The highest BCUT2D eigenvalue weighted by Gasteiger charge is 2.59. The van der Waals surface area contributed by atoms with Gasteiger partial charge in [-0.1, -0.05) is 36.4 Å². The minimum Gasteiger partial charge on any atom is -0.409 e. The van der Waals surface area contributed by atoms with Gasteiger partial charge in [-0.25, -0.2) is 0 Å². The topological polar surface area (TPSA) is 37.4 Å². The second-order valence-corrected chi connectivity index (χ2v) is 20.3. The molecule has 6 nitrogen and oxygen atoms in total. The summed E-state index contributed by atoms with van der Waals surface area (Å²) in [7, 11) is 3.87. The van der Waals surface area contributed by atoms with E-state index in [4.69, 9.17) is 12.3 Å². The molecule has 0 spiro atoms. The monoisotopic (exact) mass is 537 g/mol.